The SMILES string of the molecule is CCCC(C)COCCCCl. The lowest BCUT2D eigenvalue weighted by Gasteiger charge is -2.09. The first-order valence-corrected chi connectivity index (χ1v) is 4.98. The van der Waals surface area contributed by atoms with Crippen molar-refractivity contribution in [1.29, 1.82) is 0 Å². The quantitative estimate of drug-likeness (QED) is 0.430. The van der Waals surface area contributed by atoms with Crippen LogP contribution in [0.1, 0.15) is 33.1 Å². The summed E-state index contributed by atoms with van der Waals surface area (Å²) < 4.78 is 5.40. The zero-order valence-electron chi connectivity index (χ0n) is 7.61. The van der Waals surface area contributed by atoms with Crippen LogP contribution in [-0.4, -0.2) is 19.1 Å². The van der Waals surface area contributed by atoms with E-state index in [0.29, 0.717) is 11.8 Å². The van der Waals surface area contributed by atoms with Crippen molar-refractivity contribution < 1.29 is 4.74 Å². The van der Waals surface area contributed by atoms with Crippen LogP contribution in [0.25, 0.3) is 0 Å². The van der Waals surface area contributed by atoms with E-state index in [9.17, 15) is 0 Å². The molecular formula is C9H19ClO. The fourth-order valence-electron chi connectivity index (χ4n) is 1.02. The maximum absolute atomic E-state index is 5.50. The number of hydrogen-bond acceptors (Lipinski definition) is 1. The number of halogens is 1. The monoisotopic (exact) mass is 178 g/mol. The van der Waals surface area contributed by atoms with Gasteiger partial charge in [0.2, 0.25) is 0 Å². The van der Waals surface area contributed by atoms with Crippen LogP contribution in [0.5, 0.6) is 0 Å². The van der Waals surface area contributed by atoms with Crippen LogP contribution in [0.2, 0.25) is 0 Å². The van der Waals surface area contributed by atoms with Crippen LogP contribution >= 0.6 is 11.6 Å². The third-order valence-electron chi connectivity index (χ3n) is 1.61. The minimum absolute atomic E-state index is 0.704. The van der Waals surface area contributed by atoms with Crippen molar-refractivity contribution >= 4 is 11.6 Å². The Morgan fingerprint density at radius 2 is 2.18 bits per heavy atom. The highest BCUT2D eigenvalue weighted by molar-refractivity contribution is 6.17. The van der Waals surface area contributed by atoms with E-state index in [4.69, 9.17) is 16.3 Å². The fraction of sp³-hybridized carbons (Fsp3) is 1.00. The number of alkyl halides is 1. The normalized spacial score (nSPS) is 13.4. The van der Waals surface area contributed by atoms with E-state index < -0.39 is 0 Å². The summed E-state index contributed by atoms with van der Waals surface area (Å²) in [7, 11) is 0. The van der Waals surface area contributed by atoms with E-state index in [2.05, 4.69) is 13.8 Å². The maximum Gasteiger partial charge on any atom is 0.0491 e. The van der Waals surface area contributed by atoms with E-state index in [0.717, 1.165) is 19.6 Å². The molecule has 11 heavy (non-hydrogen) atoms. The lowest BCUT2D eigenvalue weighted by molar-refractivity contribution is 0.103. The van der Waals surface area contributed by atoms with Gasteiger partial charge in [0, 0.05) is 19.1 Å². The van der Waals surface area contributed by atoms with E-state index in [1.807, 2.05) is 0 Å². The number of ether oxygens (including phenoxy) is 1. The average Bonchev–Trinajstić information content (AvgIpc) is 1.99. The molecule has 0 heterocycles. The molecule has 0 aromatic rings. The van der Waals surface area contributed by atoms with Gasteiger partial charge in [-0.25, -0.2) is 0 Å². The van der Waals surface area contributed by atoms with Crippen molar-refractivity contribution in [1.82, 2.24) is 0 Å². The first-order chi connectivity index (χ1) is 5.31. The van der Waals surface area contributed by atoms with Crippen LogP contribution in [0, 0.1) is 5.92 Å². The lowest BCUT2D eigenvalue weighted by atomic mass is 10.1. The van der Waals surface area contributed by atoms with Crippen LogP contribution in [0.15, 0.2) is 0 Å². The molecule has 0 amide bonds. The maximum atomic E-state index is 5.50. The molecule has 0 fully saturated rings. The van der Waals surface area contributed by atoms with Crippen molar-refractivity contribution in [2.24, 2.45) is 5.92 Å². The highest BCUT2D eigenvalue weighted by Crippen LogP contribution is 2.04. The second-order valence-corrected chi connectivity index (χ2v) is 3.39. The van der Waals surface area contributed by atoms with Crippen molar-refractivity contribution in [2.45, 2.75) is 33.1 Å². The molecular weight excluding hydrogens is 160 g/mol. The predicted molar refractivity (Wildman–Crippen MR) is 50.2 cm³/mol. The van der Waals surface area contributed by atoms with E-state index in [1.165, 1.54) is 12.8 Å². The summed E-state index contributed by atoms with van der Waals surface area (Å²) in [5.74, 6) is 1.41. The minimum atomic E-state index is 0.704. The smallest absolute Gasteiger partial charge is 0.0491 e. The molecule has 1 nitrogen and oxygen atoms in total. The van der Waals surface area contributed by atoms with Crippen LogP contribution in [0.4, 0.5) is 0 Å². The molecule has 0 N–H and O–H groups in total. The molecule has 1 atom stereocenters. The minimum Gasteiger partial charge on any atom is -0.381 e. The van der Waals surface area contributed by atoms with Crippen molar-refractivity contribution in [3.8, 4) is 0 Å². The first-order valence-electron chi connectivity index (χ1n) is 4.45. The van der Waals surface area contributed by atoms with Crippen molar-refractivity contribution in [3.63, 3.8) is 0 Å². The van der Waals surface area contributed by atoms with Gasteiger partial charge in [0.1, 0.15) is 0 Å². The molecule has 0 aliphatic carbocycles. The molecule has 1 unspecified atom stereocenters. The summed E-state index contributed by atoms with van der Waals surface area (Å²) in [6.07, 6.45) is 3.49. The summed E-state index contributed by atoms with van der Waals surface area (Å²) in [5.41, 5.74) is 0. The third kappa shape index (κ3) is 8.15. The molecule has 68 valence electrons. The highest BCUT2D eigenvalue weighted by Gasteiger charge is 1.99. The summed E-state index contributed by atoms with van der Waals surface area (Å²) in [4.78, 5) is 0. The second kappa shape index (κ2) is 8.35. The molecule has 0 radical (unpaired) electrons. The second-order valence-electron chi connectivity index (χ2n) is 3.01. The molecule has 0 aromatic heterocycles. The van der Waals surface area contributed by atoms with Gasteiger partial charge >= 0.3 is 0 Å². The predicted octanol–water partition coefficient (Wildman–Crippen LogP) is 3.07. The van der Waals surface area contributed by atoms with Gasteiger partial charge in [-0.1, -0.05) is 20.3 Å². The van der Waals surface area contributed by atoms with E-state index in [1.54, 1.807) is 0 Å². The Bertz CT molecular complexity index is 76.0. The standard InChI is InChI=1S/C9H19ClO/c1-3-5-9(2)8-11-7-4-6-10/h9H,3-8H2,1-2H3. The molecule has 0 aliphatic rings. The van der Waals surface area contributed by atoms with Gasteiger partial charge < -0.3 is 4.74 Å². The molecule has 0 saturated carbocycles. The summed E-state index contributed by atoms with van der Waals surface area (Å²) in [6, 6.07) is 0. The molecule has 0 saturated heterocycles. The van der Waals surface area contributed by atoms with Crippen LogP contribution in [-0.2, 0) is 4.74 Å². The Hall–Kier alpha value is 0.250. The molecule has 0 aromatic carbocycles. The zero-order chi connectivity index (χ0) is 8.53. The highest BCUT2D eigenvalue weighted by atomic mass is 35.5. The Balaban J connectivity index is 2.97. The van der Waals surface area contributed by atoms with Gasteiger partial charge in [-0.05, 0) is 18.8 Å². The van der Waals surface area contributed by atoms with Crippen molar-refractivity contribution in [2.75, 3.05) is 19.1 Å². The summed E-state index contributed by atoms with van der Waals surface area (Å²) >= 11 is 5.50. The van der Waals surface area contributed by atoms with E-state index >= 15 is 0 Å². The van der Waals surface area contributed by atoms with Gasteiger partial charge in [0.25, 0.3) is 0 Å². The Morgan fingerprint density at radius 1 is 1.45 bits per heavy atom. The Labute approximate surface area is 75.1 Å². The van der Waals surface area contributed by atoms with Gasteiger partial charge in [-0.3, -0.25) is 0 Å². The topological polar surface area (TPSA) is 9.23 Å². The van der Waals surface area contributed by atoms with E-state index in [-0.39, 0.29) is 0 Å². The average molecular weight is 179 g/mol. The molecule has 0 bridgehead atoms. The molecule has 0 spiro atoms. The van der Waals surface area contributed by atoms with Gasteiger partial charge in [-0.2, -0.15) is 0 Å². The van der Waals surface area contributed by atoms with Crippen LogP contribution < -0.4 is 0 Å². The van der Waals surface area contributed by atoms with Gasteiger partial charge in [-0.15, -0.1) is 11.6 Å². The lowest BCUT2D eigenvalue weighted by Crippen LogP contribution is -2.06. The summed E-state index contributed by atoms with van der Waals surface area (Å²) in [6.45, 7) is 6.14. The Morgan fingerprint density at radius 3 is 2.73 bits per heavy atom. The summed E-state index contributed by atoms with van der Waals surface area (Å²) in [5, 5.41) is 0. The molecule has 2 heteroatoms. The first kappa shape index (κ1) is 11.2. The Kier molecular flexibility index (Phi) is 8.54. The third-order valence-corrected chi connectivity index (χ3v) is 1.87. The number of rotatable bonds is 7. The van der Waals surface area contributed by atoms with Crippen LogP contribution in [0.3, 0.4) is 0 Å². The number of hydrogen-bond donors (Lipinski definition) is 0. The van der Waals surface area contributed by atoms with Gasteiger partial charge in [0.05, 0.1) is 0 Å². The largest absolute Gasteiger partial charge is 0.381 e. The fourth-order valence-corrected chi connectivity index (χ4v) is 1.13. The molecule has 0 rings (SSSR count). The van der Waals surface area contributed by atoms with Crippen molar-refractivity contribution in [3.05, 3.63) is 0 Å². The zero-order valence-corrected chi connectivity index (χ0v) is 8.36. The van der Waals surface area contributed by atoms with Gasteiger partial charge in [0.15, 0.2) is 0 Å². The molecule has 0 aliphatic heterocycles.